The van der Waals surface area contributed by atoms with Gasteiger partial charge in [0.2, 0.25) is 11.8 Å². The molecule has 0 spiro atoms. The molecular formula is C36H38Cl2N4O7S. The van der Waals surface area contributed by atoms with Gasteiger partial charge in [-0.3, -0.25) is 24.0 Å². The number of amides is 2. The van der Waals surface area contributed by atoms with Crippen molar-refractivity contribution >= 4 is 56.4 Å². The normalized spacial score (nSPS) is 11.8. The van der Waals surface area contributed by atoms with Gasteiger partial charge < -0.3 is 15.0 Å². The maximum absolute atomic E-state index is 14.7. The summed E-state index contributed by atoms with van der Waals surface area (Å²) in [5.41, 5.74) is 1.20. The van der Waals surface area contributed by atoms with Crippen LogP contribution in [-0.2, 0) is 32.6 Å². The quantitative estimate of drug-likeness (QED) is 0.0744. The number of carbonyl (C=O) groups excluding carboxylic acids is 2. The largest absolute Gasteiger partial charge is 0.495 e. The lowest BCUT2D eigenvalue weighted by molar-refractivity contribution is -0.385. The number of benzene rings is 4. The van der Waals surface area contributed by atoms with E-state index in [0.717, 1.165) is 28.8 Å². The highest BCUT2D eigenvalue weighted by Gasteiger charge is 2.36. The van der Waals surface area contributed by atoms with Crippen molar-refractivity contribution in [2.24, 2.45) is 0 Å². The van der Waals surface area contributed by atoms with E-state index >= 15 is 0 Å². The van der Waals surface area contributed by atoms with Crippen molar-refractivity contribution in [2.75, 3.05) is 24.5 Å². The van der Waals surface area contributed by atoms with Crippen molar-refractivity contribution in [1.29, 1.82) is 0 Å². The molecule has 1 N–H and O–H groups in total. The molecular weight excluding hydrogens is 703 g/mol. The van der Waals surface area contributed by atoms with Gasteiger partial charge in [-0.25, -0.2) is 8.42 Å². The van der Waals surface area contributed by atoms with Gasteiger partial charge in [0.25, 0.3) is 15.7 Å². The summed E-state index contributed by atoms with van der Waals surface area (Å²) in [6, 6.07) is 22.7. The summed E-state index contributed by atoms with van der Waals surface area (Å²) in [5.74, 6) is -1.05. The van der Waals surface area contributed by atoms with Gasteiger partial charge in [-0.05, 0) is 60.9 Å². The van der Waals surface area contributed by atoms with Crippen molar-refractivity contribution in [3.05, 3.63) is 128 Å². The zero-order valence-electron chi connectivity index (χ0n) is 27.8. The first-order valence-corrected chi connectivity index (χ1v) is 18.0. The van der Waals surface area contributed by atoms with Crippen molar-refractivity contribution in [3.63, 3.8) is 0 Å². The molecule has 0 bridgehead atoms. The zero-order chi connectivity index (χ0) is 36.4. The third-order valence-electron chi connectivity index (χ3n) is 8.02. The Morgan fingerprint density at radius 3 is 2.26 bits per heavy atom. The molecule has 0 saturated carbocycles. The smallest absolute Gasteiger partial charge is 0.273 e. The summed E-state index contributed by atoms with van der Waals surface area (Å²) >= 11 is 12.5. The van der Waals surface area contributed by atoms with Crippen LogP contribution in [0.5, 0.6) is 5.75 Å². The summed E-state index contributed by atoms with van der Waals surface area (Å²) in [6.07, 6.45) is 1.69. The number of rotatable bonds is 16. The first-order valence-electron chi connectivity index (χ1n) is 15.8. The number of nitrogens with zero attached hydrogens (tertiary/aromatic N) is 3. The number of carbonyl (C=O) groups is 2. The average Bonchev–Trinajstić information content (AvgIpc) is 3.09. The van der Waals surface area contributed by atoms with E-state index in [0.29, 0.717) is 17.1 Å². The molecule has 1 atom stereocenters. The molecule has 0 fully saturated rings. The summed E-state index contributed by atoms with van der Waals surface area (Å²) in [4.78, 5) is 40.6. The molecule has 0 aliphatic rings. The molecule has 0 aliphatic heterocycles. The highest BCUT2D eigenvalue weighted by atomic mass is 35.5. The van der Waals surface area contributed by atoms with E-state index in [1.165, 1.54) is 49.3 Å². The van der Waals surface area contributed by atoms with E-state index in [1.54, 1.807) is 24.3 Å². The molecule has 50 heavy (non-hydrogen) atoms. The van der Waals surface area contributed by atoms with Crippen molar-refractivity contribution in [1.82, 2.24) is 10.2 Å². The molecule has 264 valence electrons. The molecule has 14 heteroatoms. The number of nitrogens with one attached hydrogen (secondary N) is 1. The lowest BCUT2D eigenvalue weighted by Crippen LogP contribution is -2.53. The Labute approximate surface area is 302 Å². The number of unbranched alkanes of at least 4 members (excludes halogenated alkanes) is 1. The number of aryl methyl sites for hydroxylation is 1. The number of hydrogen-bond donors (Lipinski definition) is 1. The molecule has 4 rings (SSSR count). The van der Waals surface area contributed by atoms with E-state index < -0.39 is 49.9 Å². The van der Waals surface area contributed by atoms with Crippen molar-refractivity contribution in [3.8, 4) is 5.75 Å². The minimum Gasteiger partial charge on any atom is -0.495 e. The second-order valence-corrected chi connectivity index (χ2v) is 14.3. The summed E-state index contributed by atoms with van der Waals surface area (Å²) in [6.45, 7) is 3.00. The van der Waals surface area contributed by atoms with E-state index in [1.807, 2.05) is 37.3 Å². The van der Waals surface area contributed by atoms with E-state index in [-0.39, 0.29) is 35.0 Å². The van der Waals surface area contributed by atoms with Gasteiger partial charge in [-0.1, -0.05) is 85.1 Å². The Hall–Kier alpha value is -4.65. The van der Waals surface area contributed by atoms with Gasteiger partial charge >= 0.3 is 0 Å². The van der Waals surface area contributed by atoms with Crippen LogP contribution in [0.4, 0.5) is 11.4 Å². The van der Waals surface area contributed by atoms with Crippen LogP contribution in [0, 0.1) is 17.0 Å². The van der Waals surface area contributed by atoms with Crippen LogP contribution in [-0.4, -0.2) is 56.3 Å². The highest BCUT2D eigenvalue weighted by Crippen LogP contribution is 2.36. The Balaban J connectivity index is 1.87. The number of methoxy groups -OCH3 is 1. The number of nitro benzene ring substituents is 1. The van der Waals surface area contributed by atoms with E-state index in [9.17, 15) is 28.1 Å². The highest BCUT2D eigenvalue weighted by molar-refractivity contribution is 7.92. The predicted octanol–water partition coefficient (Wildman–Crippen LogP) is 6.97. The minimum atomic E-state index is -4.68. The number of halogens is 2. The number of hydrogen-bond acceptors (Lipinski definition) is 7. The van der Waals surface area contributed by atoms with Gasteiger partial charge in [0.15, 0.2) is 0 Å². The monoisotopic (exact) mass is 740 g/mol. The standard InChI is InChI=1S/C36H38Cl2N4O7S/c1-4-5-19-39-36(44)33(20-26-9-7-6-8-10-26)40(23-27-12-14-28(37)15-13-27)35(43)24-41(32-21-29(38)16-18-34(32)49-3)50(47,48)30-17-11-25(2)31(22-30)42(45)46/h6-18,21-22,33H,4-5,19-20,23-24H2,1-3H3,(H,39,44)/t33-/m1/s1. The predicted molar refractivity (Wildman–Crippen MR) is 194 cm³/mol. The second kappa shape index (κ2) is 17.3. The van der Waals surface area contributed by atoms with Crippen LogP contribution < -0.4 is 14.4 Å². The van der Waals surface area contributed by atoms with Crippen LogP contribution in [0.3, 0.4) is 0 Å². The maximum atomic E-state index is 14.7. The number of ether oxygens (including phenoxy) is 1. The molecule has 4 aromatic rings. The van der Waals surface area contributed by atoms with Gasteiger partial charge in [0.1, 0.15) is 18.3 Å². The van der Waals surface area contributed by atoms with Crippen LogP contribution in [0.15, 0.2) is 95.9 Å². The van der Waals surface area contributed by atoms with Gasteiger partial charge in [0.05, 0.1) is 22.6 Å². The van der Waals surface area contributed by atoms with Gasteiger partial charge in [-0.15, -0.1) is 0 Å². The molecule has 0 unspecified atom stereocenters. The fourth-order valence-electron chi connectivity index (χ4n) is 5.29. The Kier molecular flexibility index (Phi) is 13.2. The van der Waals surface area contributed by atoms with Gasteiger partial charge in [0, 0.05) is 41.2 Å². The lowest BCUT2D eigenvalue weighted by atomic mass is 10.0. The molecule has 0 aliphatic carbocycles. The van der Waals surface area contributed by atoms with E-state index in [2.05, 4.69) is 5.32 Å². The molecule has 0 aromatic heterocycles. The number of nitro groups is 1. The number of sulfonamides is 1. The minimum absolute atomic E-state index is 0.0642. The summed E-state index contributed by atoms with van der Waals surface area (Å²) in [7, 11) is -3.35. The first-order chi connectivity index (χ1) is 23.8. The Bertz CT molecular complexity index is 1930. The first kappa shape index (κ1) is 38.2. The lowest BCUT2D eigenvalue weighted by Gasteiger charge is -2.34. The van der Waals surface area contributed by atoms with Crippen LogP contribution >= 0.6 is 23.2 Å². The molecule has 0 saturated heterocycles. The Morgan fingerprint density at radius 2 is 1.62 bits per heavy atom. The summed E-state index contributed by atoms with van der Waals surface area (Å²) in [5, 5.41) is 15.3. The molecule has 0 radical (unpaired) electrons. The maximum Gasteiger partial charge on any atom is 0.273 e. The average molecular weight is 742 g/mol. The zero-order valence-corrected chi connectivity index (χ0v) is 30.2. The third-order valence-corrected chi connectivity index (χ3v) is 10.3. The van der Waals surface area contributed by atoms with E-state index in [4.69, 9.17) is 27.9 Å². The topological polar surface area (TPSA) is 139 Å². The summed E-state index contributed by atoms with van der Waals surface area (Å²) < 4.78 is 35.2. The fourth-order valence-corrected chi connectivity index (χ4v) is 7.02. The molecule has 11 nitrogen and oxygen atoms in total. The van der Waals surface area contributed by atoms with Crippen LogP contribution in [0.1, 0.15) is 36.5 Å². The van der Waals surface area contributed by atoms with Crippen LogP contribution in [0.2, 0.25) is 10.0 Å². The molecule has 0 heterocycles. The third kappa shape index (κ3) is 9.52. The molecule has 2 amide bonds. The van der Waals surface area contributed by atoms with Crippen molar-refractivity contribution < 1.29 is 27.7 Å². The Morgan fingerprint density at radius 1 is 0.940 bits per heavy atom. The number of anilines is 1. The van der Waals surface area contributed by atoms with Crippen LogP contribution in [0.25, 0.3) is 0 Å². The van der Waals surface area contributed by atoms with Crippen molar-refractivity contribution in [2.45, 2.75) is 50.6 Å². The fraction of sp³-hybridized carbons (Fsp3) is 0.278. The van der Waals surface area contributed by atoms with Gasteiger partial charge in [-0.2, -0.15) is 0 Å². The SMILES string of the molecule is CCCCNC(=O)[C@@H](Cc1ccccc1)N(Cc1ccc(Cl)cc1)C(=O)CN(c1cc(Cl)ccc1OC)S(=O)(=O)c1ccc(C)c([N+](=O)[O-])c1. The second-order valence-electron chi connectivity index (χ2n) is 11.5. The molecule has 4 aromatic carbocycles.